The summed E-state index contributed by atoms with van der Waals surface area (Å²) in [6.45, 7) is 1.79. The molecule has 0 aliphatic carbocycles. The number of para-hydroxylation sites is 2. The third-order valence-electron chi connectivity index (χ3n) is 3.97. The fourth-order valence-corrected chi connectivity index (χ4v) is 4.67. The second-order valence-electron chi connectivity index (χ2n) is 5.64. The molecule has 0 aromatic heterocycles. The summed E-state index contributed by atoms with van der Waals surface area (Å²) in [4.78, 5) is 6.19. The van der Waals surface area contributed by atoms with Crippen molar-refractivity contribution in [2.45, 2.75) is 14.7 Å². The van der Waals surface area contributed by atoms with Crippen LogP contribution in [-0.2, 0) is 0 Å². The average molecular weight is 385 g/mol. The molecule has 1 N–H and O–H groups in total. The van der Waals surface area contributed by atoms with Crippen LogP contribution in [0.5, 0.6) is 0 Å². The van der Waals surface area contributed by atoms with Gasteiger partial charge in [0.2, 0.25) is 0 Å². The highest BCUT2D eigenvalue weighted by Crippen LogP contribution is 2.47. The maximum absolute atomic E-state index is 5.93. The van der Waals surface area contributed by atoms with Crippen LogP contribution in [0.1, 0.15) is 0 Å². The SMILES string of the molecule is Clc1ccc(SNCCN2c3ccccc3Sc3ccccc32)cc1. The summed E-state index contributed by atoms with van der Waals surface area (Å²) in [5, 5.41) is 0.767. The van der Waals surface area contributed by atoms with Crippen molar-refractivity contribution in [1.29, 1.82) is 0 Å². The lowest BCUT2D eigenvalue weighted by Crippen LogP contribution is -2.28. The van der Waals surface area contributed by atoms with Crippen LogP contribution >= 0.6 is 35.3 Å². The van der Waals surface area contributed by atoms with Crippen LogP contribution in [-0.4, -0.2) is 13.1 Å². The molecular weight excluding hydrogens is 368 g/mol. The van der Waals surface area contributed by atoms with Crippen LogP contribution in [0.3, 0.4) is 0 Å². The van der Waals surface area contributed by atoms with Crippen molar-refractivity contribution in [2.75, 3.05) is 18.0 Å². The summed E-state index contributed by atoms with van der Waals surface area (Å²) in [6.07, 6.45) is 0. The predicted molar refractivity (Wildman–Crippen MR) is 109 cm³/mol. The first kappa shape index (κ1) is 16.9. The molecular formula is C20H17ClN2S2. The Morgan fingerprint density at radius 2 is 1.44 bits per heavy atom. The van der Waals surface area contributed by atoms with E-state index in [9.17, 15) is 0 Å². The van der Waals surface area contributed by atoms with E-state index in [-0.39, 0.29) is 0 Å². The third kappa shape index (κ3) is 3.82. The van der Waals surface area contributed by atoms with Crippen LogP contribution in [0.4, 0.5) is 11.4 Å². The van der Waals surface area contributed by atoms with Crippen molar-refractivity contribution < 1.29 is 0 Å². The smallest absolute Gasteiger partial charge is 0.0553 e. The summed E-state index contributed by atoms with van der Waals surface area (Å²) in [6, 6.07) is 25.1. The highest BCUT2D eigenvalue weighted by molar-refractivity contribution is 7.99. The number of benzene rings is 3. The van der Waals surface area contributed by atoms with Gasteiger partial charge in [-0.1, -0.05) is 47.6 Å². The molecule has 5 heteroatoms. The minimum Gasteiger partial charge on any atom is -0.338 e. The van der Waals surface area contributed by atoms with Gasteiger partial charge in [0.15, 0.2) is 0 Å². The molecule has 1 aliphatic heterocycles. The predicted octanol–water partition coefficient (Wildman–Crippen LogP) is 6.24. The van der Waals surface area contributed by atoms with E-state index in [4.69, 9.17) is 11.6 Å². The van der Waals surface area contributed by atoms with Crippen molar-refractivity contribution in [2.24, 2.45) is 0 Å². The van der Waals surface area contributed by atoms with E-state index in [1.165, 1.54) is 26.1 Å². The molecule has 0 amide bonds. The summed E-state index contributed by atoms with van der Waals surface area (Å²) < 4.78 is 3.46. The topological polar surface area (TPSA) is 15.3 Å². The molecule has 2 nitrogen and oxygen atoms in total. The zero-order valence-corrected chi connectivity index (χ0v) is 15.9. The van der Waals surface area contributed by atoms with Crippen molar-refractivity contribution in [3.8, 4) is 0 Å². The number of rotatable bonds is 5. The zero-order valence-electron chi connectivity index (χ0n) is 13.5. The third-order valence-corrected chi connectivity index (χ3v) is 6.21. The van der Waals surface area contributed by atoms with Gasteiger partial charge in [-0.15, -0.1) is 0 Å². The van der Waals surface area contributed by atoms with E-state index < -0.39 is 0 Å². The Balaban J connectivity index is 1.46. The van der Waals surface area contributed by atoms with Gasteiger partial charge >= 0.3 is 0 Å². The molecule has 0 atom stereocenters. The fourth-order valence-electron chi connectivity index (χ4n) is 2.82. The van der Waals surface area contributed by atoms with Crippen LogP contribution in [0, 0.1) is 0 Å². The molecule has 0 saturated heterocycles. The van der Waals surface area contributed by atoms with Gasteiger partial charge in [0.05, 0.1) is 11.4 Å². The number of hydrogen-bond acceptors (Lipinski definition) is 4. The first-order chi connectivity index (χ1) is 12.3. The highest BCUT2D eigenvalue weighted by Gasteiger charge is 2.22. The average Bonchev–Trinajstić information content (AvgIpc) is 2.66. The second-order valence-corrected chi connectivity index (χ2v) is 8.12. The minimum absolute atomic E-state index is 0.767. The molecule has 4 rings (SSSR count). The van der Waals surface area contributed by atoms with Crippen LogP contribution < -0.4 is 9.62 Å². The molecule has 0 radical (unpaired) electrons. The number of fused-ring (bicyclic) bond motifs is 2. The second kappa shape index (κ2) is 7.75. The maximum Gasteiger partial charge on any atom is 0.0553 e. The fraction of sp³-hybridized carbons (Fsp3) is 0.100. The molecule has 1 aliphatic rings. The summed E-state index contributed by atoms with van der Waals surface area (Å²) in [5.74, 6) is 0. The minimum atomic E-state index is 0.767. The molecule has 1 heterocycles. The Kier molecular flexibility index (Phi) is 5.22. The monoisotopic (exact) mass is 384 g/mol. The molecule has 0 unspecified atom stereocenters. The largest absolute Gasteiger partial charge is 0.338 e. The molecule has 0 bridgehead atoms. The van der Waals surface area contributed by atoms with Gasteiger partial charge in [-0.2, -0.15) is 0 Å². The Morgan fingerprint density at radius 1 is 0.840 bits per heavy atom. The molecule has 3 aromatic carbocycles. The molecule has 25 heavy (non-hydrogen) atoms. The van der Waals surface area contributed by atoms with E-state index in [2.05, 4.69) is 58.2 Å². The van der Waals surface area contributed by atoms with E-state index in [1.54, 1.807) is 11.9 Å². The highest BCUT2D eigenvalue weighted by atomic mass is 35.5. The van der Waals surface area contributed by atoms with Crippen molar-refractivity contribution in [3.63, 3.8) is 0 Å². The maximum atomic E-state index is 5.93. The Morgan fingerprint density at radius 3 is 2.08 bits per heavy atom. The van der Waals surface area contributed by atoms with Crippen molar-refractivity contribution >= 4 is 46.7 Å². The summed E-state index contributed by atoms with van der Waals surface area (Å²) >= 11 is 9.42. The molecule has 0 fully saturated rings. The number of hydrogen-bond donors (Lipinski definition) is 1. The van der Waals surface area contributed by atoms with E-state index in [1.807, 2.05) is 36.0 Å². The Labute approximate surface area is 161 Å². The number of nitrogens with one attached hydrogen (secondary N) is 1. The lowest BCUT2D eigenvalue weighted by atomic mass is 10.2. The number of anilines is 2. The van der Waals surface area contributed by atoms with Crippen LogP contribution in [0.2, 0.25) is 5.02 Å². The molecule has 3 aromatic rings. The van der Waals surface area contributed by atoms with Gasteiger partial charge in [-0.05, 0) is 60.5 Å². The van der Waals surface area contributed by atoms with Gasteiger partial charge in [0.1, 0.15) is 0 Å². The van der Waals surface area contributed by atoms with Gasteiger partial charge in [-0.3, -0.25) is 4.72 Å². The standard InChI is InChI=1S/C20H17ClN2S2/c21-15-9-11-16(12-10-15)25-22-13-14-23-17-5-1-3-7-19(17)24-20-8-4-2-6-18(20)23/h1-12,22H,13-14H2. The van der Waals surface area contributed by atoms with Crippen LogP contribution in [0.25, 0.3) is 0 Å². The molecule has 126 valence electrons. The lowest BCUT2D eigenvalue weighted by molar-refractivity contribution is 0.862. The van der Waals surface area contributed by atoms with Gasteiger partial charge in [0.25, 0.3) is 0 Å². The van der Waals surface area contributed by atoms with Gasteiger partial charge in [-0.25, -0.2) is 0 Å². The molecule has 0 saturated carbocycles. The first-order valence-electron chi connectivity index (χ1n) is 8.10. The van der Waals surface area contributed by atoms with Crippen LogP contribution in [0.15, 0.2) is 87.5 Å². The number of nitrogens with zero attached hydrogens (tertiary/aromatic N) is 1. The quantitative estimate of drug-likeness (QED) is 0.413. The first-order valence-corrected chi connectivity index (χ1v) is 10.1. The zero-order chi connectivity index (χ0) is 17.1. The Hall–Kier alpha value is -1.59. The molecule has 0 spiro atoms. The number of halogens is 1. The normalized spacial score (nSPS) is 12.6. The Bertz CT molecular complexity index is 822. The van der Waals surface area contributed by atoms with Gasteiger partial charge < -0.3 is 4.90 Å². The van der Waals surface area contributed by atoms with E-state index >= 15 is 0 Å². The van der Waals surface area contributed by atoms with E-state index in [0.29, 0.717) is 0 Å². The van der Waals surface area contributed by atoms with E-state index in [0.717, 1.165) is 18.1 Å². The summed E-state index contributed by atoms with van der Waals surface area (Å²) in [5.41, 5.74) is 2.56. The van der Waals surface area contributed by atoms with Crippen molar-refractivity contribution in [1.82, 2.24) is 4.72 Å². The van der Waals surface area contributed by atoms with Crippen molar-refractivity contribution in [3.05, 3.63) is 77.8 Å². The summed E-state index contributed by atoms with van der Waals surface area (Å²) in [7, 11) is 0. The lowest BCUT2D eigenvalue weighted by Gasteiger charge is -2.32. The van der Waals surface area contributed by atoms with Gasteiger partial charge in [0, 0.05) is 32.8 Å².